The fourth-order valence-electron chi connectivity index (χ4n) is 2.79. The zero-order valence-corrected chi connectivity index (χ0v) is 16.5. The molecule has 0 saturated heterocycles. The predicted molar refractivity (Wildman–Crippen MR) is 110 cm³/mol. The molecule has 3 aromatic rings. The van der Waals surface area contributed by atoms with Crippen LogP contribution in [0.1, 0.15) is 38.1 Å². The lowest BCUT2D eigenvalue weighted by atomic mass is 10.0. The summed E-state index contributed by atoms with van der Waals surface area (Å²) in [6.07, 6.45) is 0. The molecule has 28 heavy (non-hydrogen) atoms. The number of nitrogens with one attached hydrogen (secondary N) is 1. The van der Waals surface area contributed by atoms with Crippen molar-refractivity contribution in [3.63, 3.8) is 0 Å². The highest BCUT2D eigenvalue weighted by Crippen LogP contribution is 2.28. The van der Waals surface area contributed by atoms with Gasteiger partial charge >= 0.3 is 0 Å². The maximum atomic E-state index is 12.7. The van der Waals surface area contributed by atoms with Crippen molar-refractivity contribution in [2.45, 2.75) is 13.5 Å². The van der Waals surface area contributed by atoms with E-state index in [1.807, 2.05) is 36.6 Å². The maximum absolute atomic E-state index is 12.7. The van der Waals surface area contributed by atoms with Crippen LogP contribution in [0, 0.1) is 0 Å². The molecule has 2 aromatic carbocycles. The zero-order valence-electron chi connectivity index (χ0n) is 15.7. The number of rotatable bonds is 8. The van der Waals surface area contributed by atoms with Gasteiger partial charge in [0.1, 0.15) is 0 Å². The molecule has 0 aliphatic heterocycles. The van der Waals surface area contributed by atoms with E-state index in [4.69, 9.17) is 9.47 Å². The van der Waals surface area contributed by atoms with Gasteiger partial charge in [0.05, 0.1) is 24.2 Å². The highest BCUT2D eigenvalue weighted by molar-refractivity contribution is 7.12. The first-order chi connectivity index (χ1) is 13.6. The molecule has 0 spiro atoms. The summed E-state index contributed by atoms with van der Waals surface area (Å²) < 4.78 is 10.8. The minimum absolute atomic E-state index is 0.150. The van der Waals surface area contributed by atoms with Crippen LogP contribution in [0.2, 0.25) is 0 Å². The number of hydrogen-bond acceptors (Lipinski definition) is 5. The van der Waals surface area contributed by atoms with Crippen LogP contribution in [0.15, 0.2) is 60.0 Å². The Morgan fingerprint density at radius 1 is 1.00 bits per heavy atom. The summed E-state index contributed by atoms with van der Waals surface area (Å²) in [7, 11) is 1.58. The summed E-state index contributed by atoms with van der Waals surface area (Å²) in [5, 5.41) is 4.72. The molecule has 0 radical (unpaired) electrons. The second-order valence-electron chi connectivity index (χ2n) is 5.95. The van der Waals surface area contributed by atoms with Crippen molar-refractivity contribution in [1.29, 1.82) is 0 Å². The number of carbonyl (C=O) groups is 2. The third-order valence-corrected chi connectivity index (χ3v) is 5.01. The Hall–Kier alpha value is -3.12. The lowest BCUT2D eigenvalue weighted by molar-refractivity contribution is 0.0940. The summed E-state index contributed by atoms with van der Waals surface area (Å²) in [5.74, 6) is 0.825. The molecule has 0 bridgehead atoms. The molecule has 1 aromatic heterocycles. The van der Waals surface area contributed by atoms with Crippen LogP contribution < -0.4 is 14.8 Å². The smallest absolute Gasteiger partial charge is 0.252 e. The van der Waals surface area contributed by atoms with Crippen LogP contribution in [0.3, 0.4) is 0 Å². The van der Waals surface area contributed by atoms with Crippen molar-refractivity contribution >= 4 is 23.0 Å². The molecular formula is C22H21NO4S. The number of amides is 1. The van der Waals surface area contributed by atoms with Crippen molar-refractivity contribution in [3.05, 3.63) is 81.5 Å². The number of ketones is 1. The molecule has 0 fully saturated rings. The SMILES string of the molecule is CCOc1ccc(CNC(=O)c2ccccc2C(=O)c2cccs2)cc1OC. The number of ether oxygens (including phenoxy) is 2. The van der Waals surface area contributed by atoms with E-state index in [2.05, 4.69) is 5.32 Å². The van der Waals surface area contributed by atoms with Crippen LogP contribution in [0.5, 0.6) is 11.5 Å². The van der Waals surface area contributed by atoms with Crippen molar-refractivity contribution in [3.8, 4) is 11.5 Å². The van der Waals surface area contributed by atoms with Gasteiger partial charge in [0.2, 0.25) is 5.78 Å². The van der Waals surface area contributed by atoms with Crippen LogP contribution in [-0.2, 0) is 6.54 Å². The summed E-state index contributed by atoms with van der Waals surface area (Å²) in [5.41, 5.74) is 1.63. The van der Waals surface area contributed by atoms with Crippen molar-refractivity contribution in [2.24, 2.45) is 0 Å². The third kappa shape index (κ3) is 4.40. The Labute approximate surface area is 167 Å². The Balaban J connectivity index is 1.75. The third-order valence-electron chi connectivity index (χ3n) is 4.14. The van der Waals surface area contributed by atoms with E-state index in [0.29, 0.717) is 40.7 Å². The van der Waals surface area contributed by atoms with Gasteiger partial charge in [-0.25, -0.2) is 0 Å². The van der Waals surface area contributed by atoms with Gasteiger partial charge < -0.3 is 14.8 Å². The highest BCUT2D eigenvalue weighted by atomic mass is 32.1. The normalized spacial score (nSPS) is 10.4. The van der Waals surface area contributed by atoms with E-state index in [-0.39, 0.29) is 11.7 Å². The van der Waals surface area contributed by atoms with Gasteiger partial charge in [-0.1, -0.05) is 30.3 Å². The maximum Gasteiger partial charge on any atom is 0.252 e. The topological polar surface area (TPSA) is 64.6 Å². The molecule has 0 saturated carbocycles. The van der Waals surface area contributed by atoms with E-state index in [0.717, 1.165) is 5.56 Å². The number of methoxy groups -OCH3 is 1. The van der Waals surface area contributed by atoms with E-state index in [1.54, 1.807) is 37.4 Å². The van der Waals surface area contributed by atoms with Gasteiger partial charge in [0, 0.05) is 12.1 Å². The van der Waals surface area contributed by atoms with E-state index in [9.17, 15) is 9.59 Å². The number of carbonyl (C=O) groups excluding carboxylic acids is 2. The first-order valence-electron chi connectivity index (χ1n) is 8.89. The van der Waals surface area contributed by atoms with Crippen LogP contribution in [-0.4, -0.2) is 25.4 Å². The quantitative estimate of drug-likeness (QED) is 0.577. The molecule has 1 amide bonds. The summed E-state index contributed by atoms with van der Waals surface area (Å²) in [4.78, 5) is 26.0. The molecule has 0 aliphatic rings. The van der Waals surface area contributed by atoms with Crippen molar-refractivity contribution < 1.29 is 19.1 Å². The lowest BCUT2D eigenvalue weighted by Gasteiger charge is -2.12. The number of thiophene rings is 1. The predicted octanol–water partition coefficient (Wildman–Crippen LogP) is 4.32. The first kappa shape index (κ1) is 19.6. The largest absolute Gasteiger partial charge is 0.493 e. The number of hydrogen-bond donors (Lipinski definition) is 1. The van der Waals surface area contributed by atoms with Crippen LogP contribution >= 0.6 is 11.3 Å². The van der Waals surface area contributed by atoms with E-state index >= 15 is 0 Å². The fourth-order valence-corrected chi connectivity index (χ4v) is 3.47. The van der Waals surface area contributed by atoms with Crippen LogP contribution in [0.4, 0.5) is 0 Å². The first-order valence-corrected chi connectivity index (χ1v) is 9.77. The van der Waals surface area contributed by atoms with Gasteiger partial charge in [-0.3, -0.25) is 9.59 Å². The molecule has 0 aliphatic carbocycles. The van der Waals surface area contributed by atoms with Crippen molar-refractivity contribution in [1.82, 2.24) is 5.32 Å². The van der Waals surface area contributed by atoms with Gasteiger partial charge in [-0.05, 0) is 42.1 Å². The van der Waals surface area contributed by atoms with Crippen LogP contribution in [0.25, 0.3) is 0 Å². The summed E-state index contributed by atoms with van der Waals surface area (Å²) >= 11 is 1.36. The highest BCUT2D eigenvalue weighted by Gasteiger charge is 2.18. The standard InChI is InChI=1S/C22H21NO4S/c1-3-27-18-11-10-15(13-19(18)26-2)14-23-22(25)17-8-5-4-7-16(17)21(24)20-9-6-12-28-20/h4-13H,3,14H2,1-2H3,(H,23,25). The molecule has 0 atom stereocenters. The minimum atomic E-state index is -0.298. The zero-order chi connectivity index (χ0) is 19.9. The van der Waals surface area contributed by atoms with Gasteiger partial charge in [-0.15, -0.1) is 11.3 Å². The second kappa shape index (κ2) is 9.19. The van der Waals surface area contributed by atoms with Gasteiger partial charge in [0.15, 0.2) is 11.5 Å². The molecular weight excluding hydrogens is 374 g/mol. The summed E-state index contributed by atoms with van der Waals surface area (Å²) in [6, 6.07) is 15.9. The molecule has 144 valence electrons. The second-order valence-corrected chi connectivity index (χ2v) is 6.90. The summed E-state index contributed by atoms with van der Waals surface area (Å²) in [6.45, 7) is 2.76. The van der Waals surface area contributed by atoms with Gasteiger partial charge in [0.25, 0.3) is 5.91 Å². The Bertz CT molecular complexity index is 966. The molecule has 6 heteroatoms. The molecule has 5 nitrogen and oxygen atoms in total. The average Bonchev–Trinajstić information content (AvgIpc) is 3.27. The monoisotopic (exact) mass is 395 g/mol. The van der Waals surface area contributed by atoms with E-state index < -0.39 is 0 Å². The minimum Gasteiger partial charge on any atom is -0.493 e. The lowest BCUT2D eigenvalue weighted by Crippen LogP contribution is -2.25. The molecule has 1 heterocycles. The molecule has 3 rings (SSSR count). The van der Waals surface area contributed by atoms with Crippen molar-refractivity contribution in [2.75, 3.05) is 13.7 Å². The van der Waals surface area contributed by atoms with Gasteiger partial charge in [-0.2, -0.15) is 0 Å². The fraction of sp³-hybridized carbons (Fsp3) is 0.182. The molecule has 1 N–H and O–H groups in total. The molecule has 0 unspecified atom stereocenters. The number of benzene rings is 2. The Morgan fingerprint density at radius 3 is 2.46 bits per heavy atom. The van der Waals surface area contributed by atoms with E-state index in [1.165, 1.54) is 11.3 Å². The Morgan fingerprint density at radius 2 is 1.79 bits per heavy atom. The Kier molecular flexibility index (Phi) is 6.45. The average molecular weight is 395 g/mol.